The molecule has 4 rings (SSSR count). The molecule has 6 heteroatoms. The van der Waals surface area contributed by atoms with Crippen LogP contribution in [0.15, 0.2) is 54.9 Å². The van der Waals surface area contributed by atoms with E-state index in [1.807, 2.05) is 43.6 Å². The van der Waals surface area contributed by atoms with E-state index in [2.05, 4.69) is 20.6 Å². The zero-order valence-corrected chi connectivity index (χ0v) is 13.2. The van der Waals surface area contributed by atoms with Crippen LogP contribution in [0.1, 0.15) is 11.3 Å². The van der Waals surface area contributed by atoms with Crippen molar-refractivity contribution in [1.29, 1.82) is 0 Å². The lowest BCUT2D eigenvalue weighted by Crippen LogP contribution is -2.29. The molecule has 3 heterocycles. The second kappa shape index (κ2) is 5.74. The molecule has 0 fully saturated rings. The van der Waals surface area contributed by atoms with Gasteiger partial charge in [0.05, 0.1) is 5.52 Å². The first-order chi connectivity index (χ1) is 11.6. The number of hydrogen-bond donors (Lipinski definition) is 2. The predicted molar refractivity (Wildman–Crippen MR) is 95.1 cm³/mol. The summed E-state index contributed by atoms with van der Waals surface area (Å²) in [6.45, 7) is 2.65. The molecule has 4 aromatic rings. The predicted octanol–water partition coefficient (Wildman–Crippen LogP) is 1.62. The normalized spacial score (nSPS) is 11.3. The Morgan fingerprint density at radius 1 is 1.04 bits per heavy atom. The van der Waals surface area contributed by atoms with Crippen LogP contribution < -0.4 is 5.46 Å². The molecule has 118 valence electrons. The van der Waals surface area contributed by atoms with Crippen molar-refractivity contribution in [1.82, 2.24) is 14.5 Å². The van der Waals surface area contributed by atoms with Gasteiger partial charge in [0, 0.05) is 35.4 Å². The Bertz CT molecular complexity index is 1030. The Morgan fingerprint density at radius 2 is 1.83 bits per heavy atom. The molecule has 0 aliphatic rings. The molecule has 0 aliphatic carbocycles. The zero-order chi connectivity index (χ0) is 16.7. The van der Waals surface area contributed by atoms with E-state index in [9.17, 15) is 10.0 Å². The maximum absolute atomic E-state index is 9.19. The van der Waals surface area contributed by atoms with E-state index >= 15 is 0 Å². The molecule has 0 unspecified atom stereocenters. The second-order valence-corrected chi connectivity index (χ2v) is 5.94. The van der Waals surface area contributed by atoms with E-state index in [0.717, 1.165) is 33.2 Å². The van der Waals surface area contributed by atoms with E-state index < -0.39 is 7.12 Å². The van der Waals surface area contributed by atoms with Gasteiger partial charge in [-0.15, -0.1) is 0 Å². The van der Waals surface area contributed by atoms with Crippen molar-refractivity contribution >= 4 is 34.5 Å². The molecule has 0 atom stereocenters. The highest BCUT2D eigenvalue weighted by Gasteiger charge is 2.11. The van der Waals surface area contributed by atoms with Crippen molar-refractivity contribution < 1.29 is 10.0 Å². The first kappa shape index (κ1) is 14.9. The first-order valence-corrected chi connectivity index (χ1v) is 7.78. The lowest BCUT2D eigenvalue weighted by Gasteiger charge is -2.09. The van der Waals surface area contributed by atoms with E-state index in [1.54, 1.807) is 12.1 Å². The SMILES string of the molecule is Cc1ccc2c(ncc3ccn(Cc4ccc(B(O)O)cc4)c32)n1. The van der Waals surface area contributed by atoms with E-state index in [1.165, 1.54) is 0 Å². The molecule has 24 heavy (non-hydrogen) atoms. The fraction of sp³-hybridized carbons (Fsp3) is 0.111. The number of nitrogens with zero attached hydrogens (tertiary/aromatic N) is 3. The minimum absolute atomic E-state index is 0.491. The minimum Gasteiger partial charge on any atom is -0.423 e. The fourth-order valence-corrected chi connectivity index (χ4v) is 2.98. The summed E-state index contributed by atoms with van der Waals surface area (Å²) in [4.78, 5) is 8.95. The molecule has 1 aromatic carbocycles. The summed E-state index contributed by atoms with van der Waals surface area (Å²) in [5, 5.41) is 20.5. The fourth-order valence-electron chi connectivity index (χ4n) is 2.98. The Kier molecular flexibility index (Phi) is 3.56. The highest BCUT2D eigenvalue weighted by atomic mass is 16.4. The number of pyridine rings is 2. The molecule has 0 saturated carbocycles. The molecule has 0 saturated heterocycles. The van der Waals surface area contributed by atoms with Crippen LogP contribution in [-0.4, -0.2) is 31.7 Å². The van der Waals surface area contributed by atoms with Gasteiger partial charge in [0.1, 0.15) is 0 Å². The highest BCUT2D eigenvalue weighted by molar-refractivity contribution is 6.58. The summed E-state index contributed by atoms with van der Waals surface area (Å²) in [7, 11) is -1.43. The van der Waals surface area contributed by atoms with Crippen LogP contribution in [0.2, 0.25) is 0 Å². The number of benzene rings is 1. The largest absolute Gasteiger partial charge is 0.488 e. The van der Waals surface area contributed by atoms with Crippen LogP contribution in [0.4, 0.5) is 0 Å². The van der Waals surface area contributed by atoms with Gasteiger partial charge in [0.2, 0.25) is 0 Å². The second-order valence-electron chi connectivity index (χ2n) is 5.94. The van der Waals surface area contributed by atoms with Crippen LogP contribution in [0, 0.1) is 6.92 Å². The molecule has 0 amide bonds. The van der Waals surface area contributed by atoms with Gasteiger partial charge in [0.25, 0.3) is 0 Å². The summed E-state index contributed by atoms with van der Waals surface area (Å²) in [6, 6.07) is 13.4. The van der Waals surface area contributed by atoms with Gasteiger partial charge in [-0.25, -0.2) is 9.97 Å². The topological polar surface area (TPSA) is 71.2 Å². The van der Waals surface area contributed by atoms with Crippen molar-refractivity contribution in [2.45, 2.75) is 13.5 Å². The summed E-state index contributed by atoms with van der Waals surface area (Å²) >= 11 is 0. The maximum atomic E-state index is 9.19. The van der Waals surface area contributed by atoms with Gasteiger partial charge >= 0.3 is 7.12 Å². The highest BCUT2D eigenvalue weighted by Crippen LogP contribution is 2.24. The summed E-state index contributed by atoms with van der Waals surface area (Å²) in [5.74, 6) is 0. The Balaban J connectivity index is 1.79. The molecule has 0 bridgehead atoms. The summed E-state index contributed by atoms with van der Waals surface area (Å²) < 4.78 is 2.17. The van der Waals surface area contributed by atoms with Gasteiger partial charge in [-0.1, -0.05) is 24.3 Å². The molecule has 0 aliphatic heterocycles. The van der Waals surface area contributed by atoms with E-state index in [0.29, 0.717) is 12.0 Å². The number of aryl methyl sites for hydroxylation is 1. The van der Waals surface area contributed by atoms with Crippen molar-refractivity contribution in [2.24, 2.45) is 0 Å². The lowest BCUT2D eigenvalue weighted by atomic mass is 9.80. The Labute approximate surface area is 139 Å². The Hall–Kier alpha value is -2.70. The van der Waals surface area contributed by atoms with Gasteiger partial charge < -0.3 is 14.6 Å². The molecule has 5 nitrogen and oxygen atoms in total. The van der Waals surface area contributed by atoms with Crippen LogP contribution >= 0.6 is 0 Å². The van der Waals surface area contributed by atoms with E-state index in [-0.39, 0.29) is 0 Å². The van der Waals surface area contributed by atoms with Crippen LogP contribution in [-0.2, 0) is 6.54 Å². The summed E-state index contributed by atoms with van der Waals surface area (Å²) in [5.41, 5.74) is 4.39. The molecule has 0 spiro atoms. The molecular weight excluding hydrogens is 301 g/mol. The van der Waals surface area contributed by atoms with Gasteiger partial charge in [-0.3, -0.25) is 0 Å². The van der Waals surface area contributed by atoms with Gasteiger partial charge in [0.15, 0.2) is 5.65 Å². The zero-order valence-electron chi connectivity index (χ0n) is 13.2. The maximum Gasteiger partial charge on any atom is 0.488 e. The third-order valence-electron chi connectivity index (χ3n) is 4.22. The first-order valence-electron chi connectivity index (χ1n) is 7.78. The third-order valence-corrected chi connectivity index (χ3v) is 4.22. The molecule has 3 aromatic heterocycles. The van der Waals surface area contributed by atoms with Gasteiger partial charge in [-0.2, -0.15) is 0 Å². The monoisotopic (exact) mass is 317 g/mol. The molecular formula is C18H16BN3O2. The van der Waals surface area contributed by atoms with Crippen LogP contribution in [0.25, 0.3) is 21.9 Å². The molecule has 2 N–H and O–H groups in total. The third kappa shape index (κ3) is 2.56. The van der Waals surface area contributed by atoms with Crippen molar-refractivity contribution in [3.8, 4) is 0 Å². The number of aromatic nitrogens is 3. The summed E-state index contributed by atoms with van der Waals surface area (Å²) in [6.07, 6.45) is 3.90. The minimum atomic E-state index is -1.43. The Morgan fingerprint density at radius 3 is 2.58 bits per heavy atom. The van der Waals surface area contributed by atoms with Crippen molar-refractivity contribution in [2.75, 3.05) is 0 Å². The van der Waals surface area contributed by atoms with Crippen LogP contribution in [0.5, 0.6) is 0 Å². The average Bonchev–Trinajstić information content (AvgIpc) is 2.98. The smallest absolute Gasteiger partial charge is 0.423 e. The van der Waals surface area contributed by atoms with Crippen molar-refractivity contribution in [3.05, 3.63) is 66.1 Å². The standard InChI is InChI=1S/C18H16BN3O2/c1-12-2-7-16-17-14(10-20-18(16)21-12)8-9-22(17)11-13-3-5-15(6-4-13)19(23)24/h2-10,23-24H,11H2,1H3. The average molecular weight is 317 g/mol. The number of rotatable bonds is 3. The van der Waals surface area contributed by atoms with Crippen molar-refractivity contribution in [3.63, 3.8) is 0 Å². The number of fused-ring (bicyclic) bond motifs is 3. The van der Waals surface area contributed by atoms with Crippen LogP contribution in [0.3, 0.4) is 0 Å². The van der Waals surface area contributed by atoms with E-state index in [4.69, 9.17) is 0 Å². The van der Waals surface area contributed by atoms with Gasteiger partial charge in [-0.05, 0) is 36.1 Å². The quantitative estimate of drug-likeness (QED) is 0.563. The molecule has 0 radical (unpaired) electrons. The lowest BCUT2D eigenvalue weighted by molar-refractivity contribution is 0.426. The number of hydrogen-bond acceptors (Lipinski definition) is 4.